The molecule has 1 amide bonds. The fourth-order valence-corrected chi connectivity index (χ4v) is 4.95. The van der Waals surface area contributed by atoms with Crippen molar-refractivity contribution in [3.05, 3.63) is 89.5 Å². The quantitative estimate of drug-likeness (QED) is 0.230. The highest BCUT2D eigenvalue weighted by molar-refractivity contribution is 5.98. The van der Waals surface area contributed by atoms with E-state index >= 15 is 0 Å². The summed E-state index contributed by atoms with van der Waals surface area (Å²) in [5, 5.41) is 13.7. The van der Waals surface area contributed by atoms with Crippen LogP contribution < -0.4 is 19.5 Å². The second-order valence-electron chi connectivity index (χ2n) is 12.6. The van der Waals surface area contributed by atoms with E-state index < -0.39 is 53.8 Å². The Balaban J connectivity index is 1.64. The first kappa shape index (κ1) is 36.7. The maximum absolute atomic E-state index is 13.1. The van der Waals surface area contributed by atoms with E-state index in [9.17, 15) is 19.5 Å². The summed E-state index contributed by atoms with van der Waals surface area (Å²) in [5.41, 5.74) is -0.175. The Morgan fingerprint density at radius 3 is 2.27 bits per heavy atom. The number of ether oxygens (including phenoxy) is 6. The molecule has 0 aromatic heterocycles. The predicted molar refractivity (Wildman–Crippen MR) is 181 cm³/mol. The number of benzene rings is 3. The molecule has 4 rings (SSSR count). The first-order valence-electron chi connectivity index (χ1n) is 15.9. The molecule has 4 atom stereocenters. The Hall–Kier alpha value is -5.10. The van der Waals surface area contributed by atoms with Crippen molar-refractivity contribution >= 4 is 23.7 Å². The number of aliphatic imine (C=N–C) groups is 1. The summed E-state index contributed by atoms with van der Waals surface area (Å²) in [7, 11) is 2.84. The minimum absolute atomic E-state index is 0.182. The molecule has 0 fully saturated rings. The topological polar surface area (TPSA) is 151 Å². The van der Waals surface area contributed by atoms with Gasteiger partial charge in [-0.3, -0.25) is 9.59 Å². The summed E-state index contributed by atoms with van der Waals surface area (Å²) in [6.07, 6.45) is -2.41. The van der Waals surface area contributed by atoms with Crippen LogP contribution in [0, 0.1) is 0 Å². The van der Waals surface area contributed by atoms with Crippen LogP contribution in [0.5, 0.6) is 17.2 Å². The lowest BCUT2D eigenvalue weighted by Gasteiger charge is -2.34. The Bertz CT molecular complexity index is 1640. The number of hydrogen-bond acceptors (Lipinski definition) is 11. The smallest absolute Gasteiger partial charge is 0.335 e. The number of methoxy groups -OCH3 is 2. The molecule has 0 unspecified atom stereocenters. The van der Waals surface area contributed by atoms with Crippen LogP contribution in [-0.4, -0.2) is 73.0 Å². The summed E-state index contributed by atoms with van der Waals surface area (Å²) < 4.78 is 34.4. The Kier molecular flexibility index (Phi) is 11.9. The van der Waals surface area contributed by atoms with Crippen LogP contribution in [0.2, 0.25) is 0 Å². The normalized spacial score (nSPS) is 17.4. The lowest BCUT2D eigenvalue weighted by Crippen LogP contribution is -2.53. The highest BCUT2D eigenvalue weighted by Gasteiger charge is 2.42. The van der Waals surface area contributed by atoms with Crippen molar-refractivity contribution in [3.8, 4) is 17.2 Å². The van der Waals surface area contributed by atoms with Gasteiger partial charge in [0, 0.05) is 5.56 Å². The largest absolute Gasteiger partial charge is 0.497 e. The predicted octanol–water partition coefficient (Wildman–Crippen LogP) is 4.70. The molecule has 2 N–H and O–H groups in total. The van der Waals surface area contributed by atoms with Crippen LogP contribution in [0.15, 0.2) is 77.8 Å². The Labute approximate surface area is 286 Å². The summed E-state index contributed by atoms with van der Waals surface area (Å²) in [5.74, 6) is -0.679. The van der Waals surface area contributed by atoms with Crippen molar-refractivity contribution in [1.29, 1.82) is 0 Å². The summed E-state index contributed by atoms with van der Waals surface area (Å²) in [6, 6.07) is 20.6. The molecule has 3 aromatic carbocycles. The Morgan fingerprint density at radius 2 is 1.65 bits per heavy atom. The molecular weight excluding hydrogens is 632 g/mol. The van der Waals surface area contributed by atoms with Crippen molar-refractivity contribution in [2.24, 2.45) is 4.99 Å². The zero-order valence-corrected chi connectivity index (χ0v) is 28.9. The molecule has 49 heavy (non-hydrogen) atoms. The van der Waals surface area contributed by atoms with Crippen LogP contribution in [0.3, 0.4) is 0 Å². The minimum Gasteiger partial charge on any atom is -0.497 e. The second-order valence-corrected chi connectivity index (χ2v) is 12.6. The zero-order chi connectivity index (χ0) is 35.8. The van der Waals surface area contributed by atoms with Crippen molar-refractivity contribution < 1.29 is 47.9 Å². The van der Waals surface area contributed by atoms with E-state index in [4.69, 9.17) is 28.4 Å². The molecule has 0 saturated heterocycles. The number of rotatable bonds is 14. The van der Waals surface area contributed by atoms with Gasteiger partial charge in [0.1, 0.15) is 30.1 Å². The molecule has 0 bridgehead atoms. The van der Waals surface area contributed by atoms with Gasteiger partial charge in [-0.25, -0.2) is 9.79 Å². The van der Waals surface area contributed by atoms with Gasteiger partial charge in [0.05, 0.1) is 14.2 Å². The molecule has 3 aromatic rings. The van der Waals surface area contributed by atoms with Crippen LogP contribution in [0.1, 0.15) is 63.8 Å². The molecule has 12 heteroatoms. The molecule has 0 radical (unpaired) electrons. The van der Waals surface area contributed by atoms with Gasteiger partial charge in [-0.1, -0.05) is 43.3 Å². The zero-order valence-electron chi connectivity index (χ0n) is 28.9. The first-order chi connectivity index (χ1) is 23.3. The van der Waals surface area contributed by atoms with Gasteiger partial charge < -0.3 is 38.8 Å². The maximum atomic E-state index is 13.1. The van der Waals surface area contributed by atoms with Crippen LogP contribution in [-0.2, 0) is 35.2 Å². The van der Waals surface area contributed by atoms with Gasteiger partial charge in [-0.05, 0) is 81.6 Å². The number of esters is 2. The van der Waals surface area contributed by atoms with E-state index in [0.717, 1.165) is 5.56 Å². The number of aliphatic hydroxyl groups excluding tert-OH is 1. The lowest BCUT2D eigenvalue weighted by molar-refractivity contribution is -0.156. The van der Waals surface area contributed by atoms with Gasteiger partial charge in [0.15, 0.2) is 29.7 Å². The van der Waals surface area contributed by atoms with E-state index in [0.29, 0.717) is 22.6 Å². The number of nitrogens with zero attached hydrogens (tertiary/aromatic N) is 1. The minimum atomic E-state index is -1.69. The maximum Gasteiger partial charge on any atom is 0.335 e. The number of carbonyl (C=O) groups excluding carboxylic acids is 3. The van der Waals surface area contributed by atoms with E-state index in [1.54, 1.807) is 84.2 Å². The van der Waals surface area contributed by atoms with Gasteiger partial charge >= 0.3 is 11.9 Å². The highest BCUT2D eigenvalue weighted by Crippen LogP contribution is 2.40. The SMILES string of the molecule is CC[C@@](C)(Oc1cc([C@H]2OC(c3ccc(OC)cc3)=N[C@@H]2C(=O)OC)ccc1OCc1ccccc1)[C@@H](O)C(=O)NCC(=O)OC(C)(C)C. The third-order valence-corrected chi connectivity index (χ3v) is 7.79. The molecule has 0 aliphatic carbocycles. The monoisotopic (exact) mass is 676 g/mol. The highest BCUT2D eigenvalue weighted by atomic mass is 16.6. The number of carbonyl (C=O) groups is 3. The van der Waals surface area contributed by atoms with Gasteiger partial charge in [0.2, 0.25) is 5.90 Å². The molecule has 12 nitrogen and oxygen atoms in total. The Morgan fingerprint density at radius 1 is 0.959 bits per heavy atom. The fourth-order valence-electron chi connectivity index (χ4n) is 4.95. The summed E-state index contributed by atoms with van der Waals surface area (Å²) in [4.78, 5) is 42.7. The fraction of sp³-hybridized carbons (Fsp3) is 0.405. The van der Waals surface area contributed by atoms with E-state index in [1.165, 1.54) is 7.11 Å². The molecule has 0 spiro atoms. The third kappa shape index (κ3) is 9.50. The number of amides is 1. The molecule has 1 aliphatic rings. The van der Waals surface area contributed by atoms with Crippen molar-refractivity contribution in [3.63, 3.8) is 0 Å². The first-order valence-corrected chi connectivity index (χ1v) is 15.9. The van der Waals surface area contributed by atoms with Gasteiger partial charge in [-0.2, -0.15) is 0 Å². The van der Waals surface area contributed by atoms with Crippen molar-refractivity contribution in [2.45, 2.75) is 77.1 Å². The molecule has 0 saturated carbocycles. The molecule has 1 heterocycles. The summed E-state index contributed by atoms with van der Waals surface area (Å²) in [6.45, 7) is 8.24. The van der Waals surface area contributed by atoms with Gasteiger partial charge in [-0.15, -0.1) is 0 Å². The molecule has 262 valence electrons. The van der Waals surface area contributed by atoms with Crippen molar-refractivity contribution in [1.82, 2.24) is 5.32 Å². The van der Waals surface area contributed by atoms with Crippen LogP contribution in [0.25, 0.3) is 0 Å². The number of nitrogens with one attached hydrogen (secondary N) is 1. The summed E-state index contributed by atoms with van der Waals surface area (Å²) >= 11 is 0. The molecular formula is C37H44N2O10. The average molecular weight is 677 g/mol. The number of hydrogen-bond donors (Lipinski definition) is 2. The second kappa shape index (κ2) is 15.9. The molecule has 1 aliphatic heterocycles. The van der Waals surface area contributed by atoms with E-state index in [2.05, 4.69) is 10.3 Å². The average Bonchev–Trinajstić information content (AvgIpc) is 3.54. The standard InChI is InChI=1S/C37H44N2O10/c1-8-37(5,32(41)33(42)38-21-29(40)49-36(2,3)4)48-28-20-25(16-19-27(28)46-22-23-12-10-9-11-13-23)31-30(35(43)45-7)39-34(47-31)24-14-17-26(44-6)18-15-24/h9-20,30-32,41H,8,21-22H2,1-7H3,(H,38,42)/t30-,31+,32-,37+/m0/s1. The van der Waals surface area contributed by atoms with Crippen LogP contribution in [0.4, 0.5) is 0 Å². The lowest BCUT2D eigenvalue weighted by atomic mass is 9.94. The van der Waals surface area contributed by atoms with Gasteiger partial charge in [0.25, 0.3) is 5.91 Å². The number of aliphatic hydroxyl groups is 1. The van der Waals surface area contributed by atoms with Crippen LogP contribution >= 0.6 is 0 Å². The third-order valence-electron chi connectivity index (χ3n) is 7.79. The van der Waals surface area contributed by atoms with Crippen molar-refractivity contribution in [2.75, 3.05) is 20.8 Å². The van der Waals surface area contributed by atoms with E-state index in [1.807, 2.05) is 30.3 Å². The van der Waals surface area contributed by atoms with E-state index in [-0.39, 0.29) is 24.7 Å².